The maximum atomic E-state index is 3.73. The molecule has 16 heavy (non-hydrogen) atoms. The number of fused-ring (bicyclic) bond motifs is 1. The lowest BCUT2D eigenvalue weighted by Gasteiger charge is -2.36. The Kier molecular flexibility index (Phi) is 3.70. The zero-order chi connectivity index (χ0) is 11.7. The Hall–Kier alpha value is -0.340. The van der Waals surface area contributed by atoms with Crippen LogP contribution in [0.15, 0.2) is 11.4 Å². The molecule has 0 fully saturated rings. The van der Waals surface area contributed by atoms with E-state index in [1.807, 2.05) is 11.3 Å². The van der Waals surface area contributed by atoms with E-state index in [9.17, 15) is 0 Å². The lowest BCUT2D eigenvalue weighted by atomic mass is 9.76. The van der Waals surface area contributed by atoms with Crippen molar-refractivity contribution in [1.29, 1.82) is 0 Å². The summed E-state index contributed by atoms with van der Waals surface area (Å²) in [5.41, 5.74) is 1.57. The average molecular weight is 237 g/mol. The van der Waals surface area contributed by atoms with Crippen molar-refractivity contribution in [2.45, 2.75) is 40.2 Å². The van der Waals surface area contributed by atoms with Crippen molar-refractivity contribution in [2.75, 3.05) is 6.54 Å². The molecule has 2 heterocycles. The highest BCUT2D eigenvalue weighted by atomic mass is 32.1. The highest BCUT2D eigenvalue weighted by Crippen LogP contribution is 2.38. The second-order valence-electron chi connectivity index (χ2n) is 5.55. The summed E-state index contributed by atoms with van der Waals surface area (Å²) in [5, 5.41) is 5.98. The van der Waals surface area contributed by atoms with E-state index in [0.29, 0.717) is 6.04 Å². The summed E-state index contributed by atoms with van der Waals surface area (Å²) in [6.45, 7) is 10.6. The Morgan fingerprint density at radius 3 is 2.56 bits per heavy atom. The van der Waals surface area contributed by atoms with Gasteiger partial charge in [-0.15, -0.1) is 11.3 Å². The van der Waals surface area contributed by atoms with Crippen LogP contribution in [0.1, 0.15) is 44.2 Å². The molecule has 0 radical (unpaired) electrons. The van der Waals surface area contributed by atoms with Crippen LogP contribution in [-0.4, -0.2) is 6.54 Å². The molecule has 1 aliphatic rings. The van der Waals surface area contributed by atoms with Crippen LogP contribution >= 0.6 is 11.3 Å². The minimum atomic E-state index is 0.579. The molecule has 1 aromatic heterocycles. The first kappa shape index (κ1) is 12.1. The maximum Gasteiger partial charge on any atom is 0.0364 e. The van der Waals surface area contributed by atoms with Gasteiger partial charge in [-0.1, -0.05) is 27.7 Å². The molecule has 2 rings (SSSR count). The second-order valence-corrected chi connectivity index (χ2v) is 6.55. The second kappa shape index (κ2) is 4.89. The summed E-state index contributed by atoms with van der Waals surface area (Å²) < 4.78 is 0. The summed E-state index contributed by atoms with van der Waals surface area (Å²) in [5.74, 6) is 2.22. The molecule has 1 unspecified atom stereocenters. The molecule has 90 valence electrons. The van der Waals surface area contributed by atoms with E-state index in [1.165, 1.54) is 6.42 Å². The van der Waals surface area contributed by atoms with Crippen molar-refractivity contribution in [3.05, 3.63) is 21.9 Å². The number of rotatable bonds is 3. The number of hydrogen-bond acceptors (Lipinski definition) is 2. The molecule has 0 aliphatic carbocycles. The number of hydrogen-bond donors (Lipinski definition) is 1. The third kappa shape index (κ3) is 2.18. The van der Waals surface area contributed by atoms with Crippen molar-refractivity contribution in [1.82, 2.24) is 5.32 Å². The highest BCUT2D eigenvalue weighted by Gasteiger charge is 2.32. The normalized spacial score (nSPS) is 20.8. The fraction of sp³-hybridized carbons (Fsp3) is 0.714. The van der Waals surface area contributed by atoms with Crippen LogP contribution in [0.2, 0.25) is 0 Å². The van der Waals surface area contributed by atoms with Gasteiger partial charge in [0.2, 0.25) is 0 Å². The number of nitrogens with one attached hydrogen (secondary N) is 1. The third-order valence-corrected chi connectivity index (χ3v) is 4.75. The van der Waals surface area contributed by atoms with Gasteiger partial charge < -0.3 is 5.32 Å². The monoisotopic (exact) mass is 237 g/mol. The van der Waals surface area contributed by atoms with Gasteiger partial charge >= 0.3 is 0 Å². The molecule has 2 heteroatoms. The molecular formula is C14H23NS. The zero-order valence-electron chi connectivity index (χ0n) is 10.8. The number of thiophene rings is 1. The summed E-state index contributed by atoms with van der Waals surface area (Å²) >= 11 is 1.93. The third-order valence-electron chi connectivity index (χ3n) is 3.76. The lowest BCUT2D eigenvalue weighted by Crippen LogP contribution is -2.38. The van der Waals surface area contributed by atoms with Crippen molar-refractivity contribution in [3.8, 4) is 0 Å². The van der Waals surface area contributed by atoms with Crippen LogP contribution in [0.25, 0.3) is 0 Å². The van der Waals surface area contributed by atoms with E-state index in [2.05, 4.69) is 44.5 Å². The van der Waals surface area contributed by atoms with Gasteiger partial charge in [-0.05, 0) is 41.2 Å². The maximum absolute atomic E-state index is 3.73. The summed E-state index contributed by atoms with van der Waals surface area (Å²) in [6, 6.07) is 2.91. The van der Waals surface area contributed by atoms with Gasteiger partial charge in [-0.3, -0.25) is 0 Å². The highest BCUT2D eigenvalue weighted by molar-refractivity contribution is 7.10. The molecule has 1 nitrogen and oxygen atoms in total. The van der Waals surface area contributed by atoms with Gasteiger partial charge in [0.25, 0.3) is 0 Å². The molecule has 0 saturated heterocycles. The van der Waals surface area contributed by atoms with E-state index in [-0.39, 0.29) is 0 Å². The topological polar surface area (TPSA) is 12.0 Å². The van der Waals surface area contributed by atoms with Gasteiger partial charge in [0, 0.05) is 17.5 Å². The van der Waals surface area contributed by atoms with Gasteiger partial charge in [-0.2, -0.15) is 0 Å². The Morgan fingerprint density at radius 1 is 1.25 bits per heavy atom. The van der Waals surface area contributed by atoms with Crippen molar-refractivity contribution in [2.24, 2.45) is 17.8 Å². The molecular weight excluding hydrogens is 214 g/mol. The Balaban J connectivity index is 2.28. The van der Waals surface area contributed by atoms with Gasteiger partial charge in [-0.25, -0.2) is 0 Å². The van der Waals surface area contributed by atoms with E-state index in [4.69, 9.17) is 0 Å². The van der Waals surface area contributed by atoms with Gasteiger partial charge in [0.15, 0.2) is 0 Å². The van der Waals surface area contributed by atoms with Crippen LogP contribution in [0.4, 0.5) is 0 Å². The fourth-order valence-electron chi connectivity index (χ4n) is 3.16. The van der Waals surface area contributed by atoms with Crippen LogP contribution in [-0.2, 0) is 6.42 Å². The average Bonchev–Trinajstić information content (AvgIpc) is 2.65. The van der Waals surface area contributed by atoms with Gasteiger partial charge in [0.05, 0.1) is 0 Å². The summed E-state index contributed by atoms with van der Waals surface area (Å²) in [7, 11) is 0. The fourth-order valence-corrected chi connectivity index (χ4v) is 4.09. The van der Waals surface area contributed by atoms with Gasteiger partial charge in [0.1, 0.15) is 0 Å². The van der Waals surface area contributed by atoms with E-state index >= 15 is 0 Å². The van der Waals surface area contributed by atoms with E-state index < -0.39 is 0 Å². The first-order valence-electron chi connectivity index (χ1n) is 6.41. The standard InChI is InChI=1S/C14H23NS/c1-9(2)13(10(3)4)14-11-6-8-16-12(11)5-7-15-14/h6,8-10,13-15H,5,7H2,1-4H3. The minimum absolute atomic E-state index is 0.579. The molecule has 0 bridgehead atoms. The predicted octanol–water partition coefficient (Wildman–Crippen LogP) is 3.86. The minimum Gasteiger partial charge on any atom is -0.309 e. The first-order chi connectivity index (χ1) is 7.61. The van der Waals surface area contributed by atoms with Crippen molar-refractivity contribution in [3.63, 3.8) is 0 Å². The quantitative estimate of drug-likeness (QED) is 0.841. The largest absolute Gasteiger partial charge is 0.309 e. The summed E-state index contributed by atoms with van der Waals surface area (Å²) in [6.07, 6.45) is 1.21. The SMILES string of the molecule is CC(C)C(C(C)C)C1NCCc2sccc21. The summed E-state index contributed by atoms with van der Waals surface area (Å²) in [4.78, 5) is 1.61. The molecule has 0 amide bonds. The predicted molar refractivity (Wildman–Crippen MR) is 71.9 cm³/mol. The molecule has 1 N–H and O–H groups in total. The zero-order valence-corrected chi connectivity index (χ0v) is 11.6. The van der Waals surface area contributed by atoms with Crippen LogP contribution in [0, 0.1) is 17.8 Å². The molecule has 1 aromatic rings. The Morgan fingerprint density at radius 2 is 1.94 bits per heavy atom. The molecule has 0 saturated carbocycles. The Bertz CT molecular complexity index is 332. The van der Waals surface area contributed by atoms with E-state index in [1.54, 1.807) is 10.4 Å². The molecule has 0 aromatic carbocycles. The Labute approximate surface area is 103 Å². The van der Waals surface area contributed by atoms with Crippen LogP contribution < -0.4 is 5.32 Å². The lowest BCUT2D eigenvalue weighted by molar-refractivity contribution is 0.205. The van der Waals surface area contributed by atoms with Crippen LogP contribution in [0.3, 0.4) is 0 Å². The smallest absolute Gasteiger partial charge is 0.0364 e. The molecule has 1 aliphatic heterocycles. The molecule has 0 spiro atoms. The van der Waals surface area contributed by atoms with E-state index in [0.717, 1.165) is 24.3 Å². The van der Waals surface area contributed by atoms with Crippen molar-refractivity contribution < 1.29 is 0 Å². The first-order valence-corrected chi connectivity index (χ1v) is 7.29. The van der Waals surface area contributed by atoms with Crippen LogP contribution in [0.5, 0.6) is 0 Å². The molecule has 1 atom stereocenters. The van der Waals surface area contributed by atoms with Crippen molar-refractivity contribution >= 4 is 11.3 Å².